The van der Waals surface area contributed by atoms with Crippen LogP contribution in [0.25, 0.3) is 0 Å². The van der Waals surface area contributed by atoms with Gasteiger partial charge in [-0.05, 0) is 24.3 Å². The Labute approximate surface area is 310 Å². The van der Waals surface area contributed by atoms with E-state index in [1.54, 1.807) is 55.9 Å². The van der Waals surface area contributed by atoms with Gasteiger partial charge in [0.25, 0.3) is 0 Å². The Morgan fingerprint density at radius 2 is 1.67 bits per heavy atom. The van der Waals surface area contributed by atoms with E-state index in [1.165, 1.54) is 22.7 Å². The third-order valence-electron chi connectivity index (χ3n) is 8.24. The summed E-state index contributed by atoms with van der Waals surface area (Å²) >= 11 is 2.80. The average Bonchev–Trinajstić information content (AvgIpc) is 3.87. The maximum atomic E-state index is 14.1. The van der Waals surface area contributed by atoms with Crippen LogP contribution in [0.15, 0.2) is 77.8 Å². The highest BCUT2D eigenvalue weighted by atomic mass is 32.1. The highest BCUT2D eigenvalue weighted by Gasteiger charge is 2.39. The molecule has 3 amide bonds. The second-order valence-corrected chi connectivity index (χ2v) is 14.3. The molecule has 0 bridgehead atoms. The number of aliphatic hydroxyl groups excluding tert-OH is 1. The largest absolute Gasteiger partial charge is 0.444 e. The molecule has 5 N–H and O–H groups in total. The van der Waals surface area contributed by atoms with Gasteiger partial charge in [0.15, 0.2) is 10.9 Å². The van der Waals surface area contributed by atoms with E-state index in [0.29, 0.717) is 37.3 Å². The van der Waals surface area contributed by atoms with Gasteiger partial charge in [0.1, 0.15) is 19.3 Å². The zero-order valence-electron chi connectivity index (χ0n) is 29.2. The Morgan fingerprint density at radius 3 is 2.37 bits per heavy atom. The quantitative estimate of drug-likeness (QED) is 0.0982. The van der Waals surface area contributed by atoms with Crippen LogP contribution in [0.5, 0.6) is 0 Å². The zero-order chi connectivity index (χ0) is 36.8. The SMILES string of the molecule is CC(C)C(NC(=O)OCc1csc(N2CCOCC2)n1)C(=O)NC(NC[C@@H](O)CCc1ccccc1)(NC(=O)OCc1cncs1)c1ccccc1. The second-order valence-electron chi connectivity index (χ2n) is 12.5. The van der Waals surface area contributed by atoms with Gasteiger partial charge in [-0.3, -0.25) is 20.4 Å². The number of rotatable bonds is 17. The highest BCUT2D eigenvalue weighted by Crippen LogP contribution is 2.22. The van der Waals surface area contributed by atoms with E-state index < -0.39 is 36.0 Å². The van der Waals surface area contributed by atoms with Crippen LogP contribution in [0, 0.1) is 5.92 Å². The van der Waals surface area contributed by atoms with Crippen LogP contribution >= 0.6 is 22.7 Å². The van der Waals surface area contributed by atoms with Crippen molar-refractivity contribution in [3.8, 4) is 0 Å². The standard InChI is InChI=1S/C36H45N7O7S2/c1-25(2)31(40-34(46)49-21-28-23-51-33(39-28)43-15-17-48-18-16-43)32(45)41-36(27-11-7-4-8-12-27,42-35(47)50-22-30-20-37-24-52-30)38-19-29(44)14-13-26-9-5-3-6-10-26/h3-12,20,23-25,29,31,38,44H,13-19,21-22H2,1-2H3,(H,40,46)(H,41,45)(H,42,47)/t29-,31?,36?/m0/s1. The summed E-state index contributed by atoms with van der Waals surface area (Å²) in [5, 5.41) is 25.3. The van der Waals surface area contributed by atoms with Gasteiger partial charge in [-0.1, -0.05) is 74.5 Å². The molecule has 14 nitrogen and oxygen atoms in total. The van der Waals surface area contributed by atoms with Crippen molar-refractivity contribution >= 4 is 45.9 Å². The number of anilines is 1. The van der Waals surface area contributed by atoms with Crippen LogP contribution < -0.4 is 26.2 Å². The maximum absolute atomic E-state index is 14.1. The number of benzene rings is 2. The Hall–Kier alpha value is -4.61. The molecule has 278 valence electrons. The number of amides is 3. The van der Waals surface area contributed by atoms with Crippen molar-refractivity contribution in [1.29, 1.82) is 0 Å². The monoisotopic (exact) mass is 751 g/mol. The Morgan fingerprint density at radius 1 is 0.962 bits per heavy atom. The topological polar surface area (TPSA) is 176 Å². The number of nitrogens with zero attached hydrogens (tertiary/aromatic N) is 3. The molecule has 3 atom stereocenters. The number of morpholine rings is 1. The molecule has 1 aliphatic rings. The van der Waals surface area contributed by atoms with Crippen molar-refractivity contribution < 1.29 is 33.7 Å². The molecule has 3 heterocycles. The summed E-state index contributed by atoms with van der Waals surface area (Å²) in [6, 6.07) is 17.5. The van der Waals surface area contributed by atoms with Gasteiger partial charge >= 0.3 is 12.2 Å². The van der Waals surface area contributed by atoms with Crippen LogP contribution in [-0.4, -0.2) is 78.2 Å². The molecule has 1 saturated heterocycles. The first kappa shape index (κ1) is 38.6. The van der Waals surface area contributed by atoms with E-state index in [-0.39, 0.29) is 25.7 Å². The number of aryl methyl sites for hydroxylation is 1. The van der Waals surface area contributed by atoms with E-state index in [0.717, 1.165) is 28.7 Å². The van der Waals surface area contributed by atoms with Crippen molar-refractivity contribution in [2.75, 3.05) is 37.7 Å². The first-order chi connectivity index (χ1) is 25.2. The molecular formula is C36H45N7O7S2. The van der Waals surface area contributed by atoms with Crippen molar-refractivity contribution in [2.24, 2.45) is 5.92 Å². The normalized spacial score (nSPS) is 15.3. The lowest BCUT2D eigenvalue weighted by molar-refractivity contribution is -0.127. The minimum absolute atomic E-state index is 0.0149. The summed E-state index contributed by atoms with van der Waals surface area (Å²) < 4.78 is 16.4. The first-order valence-electron chi connectivity index (χ1n) is 17.1. The number of aromatic nitrogens is 2. The third kappa shape index (κ3) is 11.4. The van der Waals surface area contributed by atoms with Crippen molar-refractivity contribution in [3.63, 3.8) is 0 Å². The summed E-state index contributed by atoms with van der Waals surface area (Å²) in [7, 11) is 0. The number of carbonyl (C=O) groups excluding carboxylic acids is 3. The van der Waals surface area contributed by atoms with Gasteiger partial charge in [-0.2, -0.15) is 0 Å². The molecule has 1 fully saturated rings. The average molecular weight is 752 g/mol. The molecule has 16 heteroatoms. The van der Waals surface area contributed by atoms with E-state index in [9.17, 15) is 19.5 Å². The molecule has 4 aromatic rings. The number of hydrogen-bond acceptors (Lipinski definition) is 13. The molecule has 0 aliphatic carbocycles. The van der Waals surface area contributed by atoms with Crippen molar-refractivity contribution in [1.82, 2.24) is 31.2 Å². The summed E-state index contributed by atoms with van der Waals surface area (Å²) in [5.74, 6) is -2.76. The number of nitrogens with one attached hydrogen (secondary N) is 4. The number of ether oxygens (including phenoxy) is 3. The Balaban J connectivity index is 1.29. The number of aliphatic hydroxyl groups is 1. The van der Waals surface area contributed by atoms with Gasteiger partial charge in [0.05, 0.1) is 35.4 Å². The van der Waals surface area contributed by atoms with Gasteiger partial charge in [-0.15, -0.1) is 22.7 Å². The first-order valence-corrected chi connectivity index (χ1v) is 18.8. The minimum Gasteiger partial charge on any atom is -0.444 e. The highest BCUT2D eigenvalue weighted by molar-refractivity contribution is 7.13. The zero-order valence-corrected chi connectivity index (χ0v) is 30.8. The summed E-state index contributed by atoms with van der Waals surface area (Å²) in [6.45, 7) is 6.17. The number of thiazole rings is 2. The van der Waals surface area contributed by atoms with E-state index in [4.69, 9.17) is 14.2 Å². The van der Waals surface area contributed by atoms with Crippen LogP contribution in [0.1, 0.15) is 42.0 Å². The fraction of sp³-hybridized carbons (Fsp3) is 0.417. The van der Waals surface area contributed by atoms with Gasteiger partial charge in [-0.25, -0.2) is 14.6 Å². The fourth-order valence-corrected chi connectivity index (χ4v) is 6.78. The summed E-state index contributed by atoms with van der Waals surface area (Å²) in [4.78, 5) is 52.0. The molecule has 1 aliphatic heterocycles. The minimum atomic E-state index is -1.76. The van der Waals surface area contributed by atoms with Crippen molar-refractivity contribution in [2.45, 2.75) is 57.8 Å². The lowest BCUT2D eigenvalue weighted by Gasteiger charge is -2.38. The van der Waals surface area contributed by atoms with Gasteiger partial charge < -0.3 is 34.9 Å². The predicted octanol–water partition coefficient (Wildman–Crippen LogP) is 4.12. The van der Waals surface area contributed by atoms with E-state index in [1.807, 2.05) is 35.7 Å². The van der Waals surface area contributed by atoms with E-state index >= 15 is 0 Å². The maximum Gasteiger partial charge on any atom is 0.410 e. The van der Waals surface area contributed by atoms with Gasteiger partial charge in [0, 0.05) is 36.8 Å². The fourth-order valence-electron chi connectivity index (χ4n) is 5.41. The predicted molar refractivity (Wildman–Crippen MR) is 198 cm³/mol. The Bertz CT molecular complexity index is 1690. The smallest absolute Gasteiger partial charge is 0.410 e. The molecule has 2 aromatic carbocycles. The van der Waals surface area contributed by atoms with Gasteiger partial charge in [0.2, 0.25) is 5.91 Å². The van der Waals surface area contributed by atoms with E-state index in [2.05, 4.69) is 36.1 Å². The van der Waals surface area contributed by atoms with Crippen molar-refractivity contribution in [3.05, 3.63) is 99.4 Å². The molecule has 0 radical (unpaired) electrons. The number of alkyl carbamates (subject to hydrolysis) is 2. The summed E-state index contributed by atoms with van der Waals surface area (Å²) in [5.41, 5.74) is 3.75. The molecule has 52 heavy (non-hydrogen) atoms. The number of hydrogen-bond donors (Lipinski definition) is 5. The van der Waals surface area contributed by atoms with Crippen LogP contribution in [0.3, 0.4) is 0 Å². The second kappa shape index (κ2) is 19.3. The molecule has 5 rings (SSSR count). The Kier molecular flexibility index (Phi) is 14.3. The third-order valence-corrected chi connectivity index (χ3v) is 9.95. The molecule has 2 aromatic heterocycles. The molecule has 2 unspecified atom stereocenters. The van der Waals surface area contributed by atoms with Crippen LogP contribution in [0.4, 0.5) is 14.7 Å². The molecule has 0 spiro atoms. The lowest BCUT2D eigenvalue weighted by Crippen LogP contribution is -2.69. The molecule has 0 saturated carbocycles. The van der Waals surface area contributed by atoms with Crippen LogP contribution in [0.2, 0.25) is 0 Å². The summed E-state index contributed by atoms with van der Waals surface area (Å²) in [6.07, 6.45) is 0.147. The number of carbonyl (C=O) groups is 3. The van der Waals surface area contributed by atoms with Crippen LogP contribution in [-0.2, 0) is 44.4 Å². The lowest BCUT2D eigenvalue weighted by atomic mass is 10.0. The molecular weight excluding hydrogens is 707 g/mol.